The number of benzene rings is 1. The lowest BCUT2D eigenvalue weighted by molar-refractivity contribution is 0.912. The van der Waals surface area contributed by atoms with Gasteiger partial charge in [0.15, 0.2) is 0 Å². The number of nitrogens with zero attached hydrogens (tertiary/aromatic N) is 1. The van der Waals surface area contributed by atoms with Crippen LogP contribution in [0.2, 0.25) is 0 Å². The molecule has 0 spiro atoms. The van der Waals surface area contributed by atoms with Crippen LogP contribution < -0.4 is 0 Å². The predicted molar refractivity (Wildman–Crippen MR) is 59.4 cm³/mol. The maximum atomic E-state index is 4.25. The SMILES string of the molecule is CCCc1cc2c(cc1Br)C=NC2. The lowest BCUT2D eigenvalue weighted by atomic mass is 10.0. The third-order valence-corrected chi connectivity index (χ3v) is 3.06. The summed E-state index contributed by atoms with van der Waals surface area (Å²) in [5.74, 6) is 0. The Morgan fingerprint density at radius 2 is 2.31 bits per heavy atom. The van der Waals surface area contributed by atoms with E-state index in [9.17, 15) is 0 Å². The van der Waals surface area contributed by atoms with E-state index in [0.717, 1.165) is 13.0 Å². The molecule has 1 heterocycles. The van der Waals surface area contributed by atoms with Gasteiger partial charge in [0.1, 0.15) is 0 Å². The Hall–Kier alpha value is -0.630. The van der Waals surface area contributed by atoms with E-state index >= 15 is 0 Å². The van der Waals surface area contributed by atoms with Gasteiger partial charge in [-0.1, -0.05) is 35.3 Å². The highest BCUT2D eigenvalue weighted by Crippen LogP contribution is 2.25. The van der Waals surface area contributed by atoms with Gasteiger partial charge in [-0.15, -0.1) is 0 Å². The van der Waals surface area contributed by atoms with Gasteiger partial charge in [0.05, 0.1) is 6.54 Å². The lowest BCUT2D eigenvalue weighted by Gasteiger charge is -2.05. The second-order valence-electron chi connectivity index (χ2n) is 3.36. The van der Waals surface area contributed by atoms with Gasteiger partial charge >= 0.3 is 0 Å². The Bertz CT molecular complexity index is 355. The molecule has 0 radical (unpaired) electrons. The third kappa shape index (κ3) is 1.68. The van der Waals surface area contributed by atoms with Gasteiger partial charge in [-0.2, -0.15) is 0 Å². The van der Waals surface area contributed by atoms with Crippen LogP contribution in [-0.2, 0) is 13.0 Å². The zero-order valence-corrected chi connectivity index (χ0v) is 9.26. The van der Waals surface area contributed by atoms with Crippen LogP contribution >= 0.6 is 15.9 Å². The molecule has 2 rings (SSSR count). The van der Waals surface area contributed by atoms with Gasteiger partial charge in [-0.05, 0) is 29.2 Å². The van der Waals surface area contributed by atoms with Crippen molar-refractivity contribution in [3.8, 4) is 0 Å². The first-order valence-corrected chi connectivity index (χ1v) is 5.41. The molecule has 2 heteroatoms. The fourth-order valence-corrected chi connectivity index (χ4v) is 2.20. The van der Waals surface area contributed by atoms with Crippen molar-refractivity contribution in [1.29, 1.82) is 0 Å². The summed E-state index contributed by atoms with van der Waals surface area (Å²) in [7, 11) is 0. The minimum absolute atomic E-state index is 0.860. The summed E-state index contributed by atoms with van der Waals surface area (Å²) < 4.78 is 1.22. The Labute approximate surface area is 87.0 Å². The van der Waals surface area contributed by atoms with Crippen LogP contribution in [0.15, 0.2) is 21.6 Å². The van der Waals surface area contributed by atoms with Crippen LogP contribution in [0.4, 0.5) is 0 Å². The summed E-state index contributed by atoms with van der Waals surface area (Å²) in [6.45, 7) is 3.06. The van der Waals surface area contributed by atoms with Gasteiger partial charge in [-0.25, -0.2) is 0 Å². The largest absolute Gasteiger partial charge is 0.288 e. The molecule has 0 aromatic heterocycles. The molecular formula is C11H12BrN. The number of hydrogen-bond acceptors (Lipinski definition) is 1. The van der Waals surface area contributed by atoms with Gasteiger partial charge in [-0.3, -0.25) is 4.99 Å². The maximum Gasteiger partial charge on any atom is 0.0646 e. The van der Waals surface area contributed by atoms with Crippen LogP contribution in [0.3, 0.4) is 0 Å². The topological polar surface area (TPSA) is 12.4 Å². The van der Waals surface area contributed by atoms with Crippen LogP contribution in [0.1, 0.15) is 30.0 Å². The smallest absolute Gasteiger partial charge is 0.0646 e. The van der Waals surface area contributed by atoms with Crippen molar-refractivity contribution in [2.45, 2.75) is 26.3 Å². The second-order valence-corrected chi connectivity index (χ2v) is 4.22. The molecule has 1 aromatic carbocycles. The summed E-state index contributed by atoms with van der Waals surface area (Å²) in [6, 6.07) is 4.45. The standard InChI is InChI=1S/C11H12BrN/c1-2-3-8-4-9-6-13-7-10(9)5-11(8)12/h4-5,7H,2-3,6H2,1H3. The van der Waals surface area contributed by atoms with Crippen molar-refractivity contribution >= 4 is 22.1 Å². The van der Waals surface area contributed by atoms with Crippen LogP contribution in [0, 0.1) is 0 Å². The monoisotopic (exact) mass is 237 g/mol. The molecule has 68 valence electrons. The fraction of sp³-hybridized carbons (Fsp3) is 0.364. The zero-order chi connectivity index (χ0) is 9.26. The van der Waals surface area contributed by atoms with Crippen molar-refractivity contribution in [3.05, 3.63) is 33.3 Å². The number of halogens is 1. The minimum atomic E-state index is 0.860. The van der Waals surface area contributed by atoms with Crippen LogP contribution in [-0.4, -0.2) is 6.21 Å². The van der Waals surface area contributed by atoms with Crippen molar-refractivity contribution in [3.63, 3.8) is 0 Å². The molecule has 0 saturated heterocycles. The van der Waals surface area contributed by atoms with Gasteiger partial charge in [0, 0.05) is 10.7 Å². The highest BCUT2D eigenvalue weighted by atomic mass is 79.9. The molecular weight excluding hydrogens is 226 g/mol. The first-order valence-electron chi connectivity index (χ1n) is 4.62. The van der Waals surface area contributed by atoms with E-state index in [0.29, 0.717) is 0 Å². The molecule has 0 bridgehead atoms. The molecule has 1 aliphatic rings. The molecule has 0 N–H and O–H groups in total. The van der Waals surface area contributed by atoms with Gasteiger partial charge in [0.25, 0.3) is 0 Å². The number of hydrogen-bond donors (Lipinski definition) is 0. The summed E-state index contributed by atoms with van der Waals surface area (Å²) >= 11 is 3.59. The minimum Gasteiger partial charge on any atom is -0.288 e. The van der Waals surface area contributed by atoms with E-state index < -0.39 is 0 Å². The molecule has 1 aliphatic heterocycles. The van der Waals surface area contributed by atoms with Crippen molar-refractivity contribution in [2.24, 2.45) is 4.99 Å². The molecule has 1 nitrogen and oxygen atoms in total. The summed E-state index contributed by atoms with van der Waals surface area (Å²) in [6.07, 6.45) is 4.29. The lowest BCUT2D eigenvalue weighted by Crippen LogP contribution is -1.91. The maximum absolute atomic E-state index is 4.25. The number of fused-ring (bicyclic) bond motifs is 1. The first-order chi connectivity index (χ1) is 6.31. The Balaban J connectivity index is 2.40. The van der Waals surface area contributed by atoms with Gasteiger partial charge < -0.3 is 0 Å². The van der Waals surface area contributed by atoms with Crippen LogP contribution in [0.25, 0.3) is 0 Å². The van der Waals surface area contributed by atoms with Crippen molar-refractivity contribution < 1.29 is 0 Å². The van der Waals surface area contributed by atoms with Crippen molar-refractivity contribution in [1.82, 2.24) is 0 Å². The van der Waals surface area contributed by atoms with Gasteiger partial charge in [0.2, 0.25) is 0 Å². The molecule has 13 heavy (non-hydrogen) atoms. The molecule has 0 unspecified atom stereocenters. The average Bonchev–Trinajstić information content (AvgIpc) is 2.52. The van der Waals surface area contributed by atoms with E-state index in [-0.39, 0.29) is 0 Å². The normalized spacial score (nSPS) is 13.4. The number of rotatable bonds is 2. The highest BCUT2D eigenvalue weighted by Gasteiger charge is 2.09. The fourth-order valence-electron chi connectivity index (χ4n) is 1.64. The second kappa shape index (κ2) is 3.62. The summed E-state index contributed by atoms with van der Waals surface area (Å²) in [5, 5.41) is 0. The summed E-state index contributed by atoms with van der Waals surface area (Å²) in [4.78, 5) is 4.25. The van der Waals surface area contributed by atoms with Crippen LogP contribution in [0.5, 0.6) is 0 Å². The zero-order valence-electron chi connectivity index (χ0n) is 7.68. The third-order valence-electron chi connectivity index (χ3n) is 2.32. The molecule has 0 aliphatic carbocycles. The highest BCUT2D eigenvalue weighted by molar-refractivity contribution is 9.10. The molecule has 0 saturated carbocycles. The molecule has 0 atom stereocenters. The molecule has 1 aromatic rings. The number of aliphatic imine (C=N–C) groups is 1. The van der Waals surface area contributed by atoms with E-state index in [1.165, 1.54) is 27.6 Å². The molecule has 0 amide bonds. The van der Waals surface area contributed by atoms with E-state index in [1.54, 1.807) is 0 Å². The molecule has 0 fully saturated rings. The summed E-state index contributed by atoms with van der Waals surface area (Å²) in [5.41, 5.74) is 4.05. The average molecular weight is 238 g/mol. The van der Waals surface area contributed by atoms with E-state index in [4.69, 9.17) is 0 Å². The van der Waals surface area contributed by atoms with E-state index in [2.05, 4.69) is 40.0 Å². The quantitative estimate of drug-likeness (QED) is 0.749. The Kier molecular flexibility index (Phi) is 2.49. The van der Waals surface area contributed by atoms with Crippen molar-refractivity contribution in [2.75, 3.05) is 0 Å². The Morgan fingerprint density at radius 3 is 3.08 bits per heavy atom. The first kappa shape index (κ1) is 8.95. The Morgan fingerprint density at radius 1 is 1.46 bits per heavy atom. The number of aryl methyl sites for hydroxylation is 1. The predicted octanol–water partition coefficient (Wildman–Crippen LogP) is 3.33. The van der Waals surface area contributed by atoms with E-state index in [1.807, 2.05) is 6.21 Å².